The molecule has 256 valence electrons. The second-order valence-electron chi connectivity index (χ2n) is 14.9. The molecule has 5 nitrogen and oxygen atoms in total. The maximum absolute atomic E-state index is 13.8. The van der Waals surface area contributed by atoms with Gasteiger partial charge in [0.05, 0.1) is 0 Å². The average Bonchev–Trinajstić information content (AvgIpc) is 3.92. The van der Waals surface area contributed by atoms with Crippen molar-refractivity contribution in [2.45, 2.75) is 90.6 Å². The lowest BCUT2D eigenvalue weighted by molar-refractivity contribution is 0.152. The first-order valence-electron chi connectivity index (χ1n) is 18.4. The molecule has 6 heteroatoms. The van der Waals surface area contributed by atoms with Gasteiger partial charge in [0.2, 0.25) is 0 Å². The number of hydrogen-bond donors (Lipinski definition) is 0. The third-order valence-electron chi connectivity index (χ3n) is 11.7. The molecule has 0 spiro atoms. The number of urea groups is 1. The first-order chi connectivity index (χ1) is 23.5. The summed E-state index contributed by atoms with van der Waals surface area (Å²) in [7, 11) is 0. The van der Waals surface area contributed by atoms with Crippen LogP contribution in [0.15, 0.2) is 84.9 Å². The van der Waals surface area contributed by atoms with E-state index in [1.807, 2.05) is 9.80 Å². The minimum atomic E-state index is 0. The summed E-state index contributed by atoms with van der Waals surface area (Å²) in [5.74, 6) is 0. The third kappa shape index (κ3) is 7.31. The molecule has 2 fully saturated rings. The van der Waals surface area contributed by atoms with E-state index in [1.54, 1.807) is 0 Å². The number of hydrogen-bond acceptors (Lipinski definition) is 3. The van der Waals surface area contributed by atoms with Gasteiger partial charge in [0.25, 0.3) is 0 Å². The number of halogens is 1. The molecule has 4 aromatic carbocycles. The number of nitrogens with zero attached hydrogens (tertiary/aromatic N) is 4. The van der Waals surface area contributed by atoms with Crippen LogP contribution >= 0.6 is 12.4 Å². The highest BCUT2D eigenvalue weighted by atomic mass is 35.5. The minimum Gasteiger partial charge on any atom is -0.316 e. The van der Waals surface area contributed by atoms with Crippen LogP contribution in [0.3, 0.4) is 0 Å². The average molecular weight is 675 g/mol. The Kier molecular flexibility index (Phi) is 10.1. The Morgan fingerprint density at radius 1 is 0.551 bits per heavy atom. The van der Waals surface area contributed by atoms with Crippen LogP contribution in [-0.2, 0) is 39.0 Å². The molecule has 49 heavy (non-hydrogen) atoms. The molecule has 0 radical (unpaired) electrons. The highest BCUT2D eigenvalue weighted by Gasteiger charge is 2.31. The Morgan fingerprint density at radius 2 is 0.939 bits per heavy atom. The normalized spacial score (nSPS) is 20.4. The van der Waals surface area contributed by atoms with Crippen molar-refractivity contribution in [2.75, 3.05) is 26.2 Å². The van der Waals surface area contributed by atoms with Crippen molar-refractivity contribution in [3.05, 3.63) is 118 Å². The van der Waals surface area contributed by atoms with Gasteiger partial charge in [-0.05, 0) is 133 Å². The Hall–Kier alpha value is -3.64. The second kappa shape index (κ2) is 14.7. The molecule has 4 heterocycles. The Labute approximate surface area is 299 Å². The van der Waals surface area contributed by atoms with Crippen molar-refractivity contribution in [3.63, 3.8) is 0 Å². The molecule has 2 atom stereocenters. The quantitative estimate of drug-likeness (QED) is 0.187. The van der Waals surface area contributed by atoms with Crippen molar-refractivity contribution in [1.82, 2.24) is 19.6 Å². The fourth-order valence-electron chi connectivity index (χ4n) is 8.54. The monoisotopic (exact) mass is 674 g/mol. The zero-order chi connectivity index (χ0) is 32.6. The standard InChI is InChI=1S/C43H50N4O.ClH/c1-31-5-3-21-44(31)23-19-33-7-11-35(12-8-33)37-15-17-39-27-46(29-41(39)25-37)43(48)47-28-40-18-16-38(26-42(40)30-47)36-13-9-34(10-14-36)20-24-45-22-4-6-32(45)2;/h7-18,25-26,31-32H,3-6,19-24,27-30H2,1-2H3;1H. The van der Waals surface area contributed by atoms with Gasteiger partial charge in [0.1, 0.15) is 0 Å². The van der Waals surface area contributed by atoms with E-state index < -0.39 is 0 Å². The van der Waals surface area contributed by atoms with Crippen LogP contribution in [0.25, 0.3) is 22.3 Å². The van der Waals surface area contributed by atoms with E-state index in [0.717, 1.165) is 38.0 Å². The number of fused-ring (bicyclic) bond motifs is 2. The van der Waals surface area contributed by atoms with E-state index in [-0.39, 0.29) is 18.4 Å². The Morgan fingerprint density at radius 3 is 1.33 bits per heavy atom. The lowest BCUT2D eigenvalue weighted by Crippen LogP contribution is -2.37. The number of rotatable bonds is 8. The molecule has 0 aliphatic carbocycles. The van der Waals surface area contributed by atoms with Gasteiger partial charge in [-0.3, -0.25) is 0 Å². The molecule has 4 aromatic rings. The molecule has 4 aliphatic rings. The lowest BCUT2D eigenvalue weighted by Gasteiger charge is -2.23. The molecule has 4 aliphatic heterocycles. The Bertz CT molecular complexity index is 1640. The Balaban J connectivity index is 0.00000378. The molecule has 2 amide bonds. The van der Waals surface area contributed by atoms with Crippen LogP contribution in [0.2, 0.25) is 0 Å². The molecule has 0 N–H and O–H groups in total. The van der Waals surface area contributed by atoms with Gasteiger partial charge in [0, 0.05) is 51.4 Å². The van der Waals surface area contributed by atoms with Crippen molar-refractivity contribution in [2.24, 2.45) is 0 Å². The van der Waals surface area contributed by atoms with Crippen LogP contribution in [0.4, 0.5) is 4.79 Å². The van der Waals surface area contributed by atoms with Gasteiger partial charge in [-0.15, -0.1) is 12.4 Å². The summed E-state index contributed by atoms with van der Waals surface area (Å²) in [4.78, 5) is 23.0. The zero-order valence-corrected chi connectivity index (χ0v) is 30.1. The van der Waals surface area contributed by atoms with Crippen LogP contribution in [0, 0.1) is 0 Å². The molecular formula is C43H51ClN4O. The van der Waals surface area contributed by atoms with Crippen molar-refractivity contribution in [3.8, 4) is 22.3 Å². The fourth-order valence-corrected chi connectivity index (χ4v) is 8.54. The van der Waals surface area contributed by atoms with Crippen LogP contribution in [-0.4, -0.2) is 63.9 Å². The molecule has 0 saturated carbocycles. The van der Waals surface area contributed by atoms with Crippen molar-refractivity contribution in [1.29, 1.82) is 0 Å². The van der Waals surface area contributed by atoms with Gasteiger partial charge in [-0.1, -0.05) is 72.8 Å². The number of carbonyl (C=O) groups excluding carboxylic acids is 1. The number of carbonyl (C=O) groups is 1. The van der Waals surface area contributed by atoms with E-state index in [2.05, 4.69) is 109 Å². The minimum absolute atomic E-state index is 0. The highest BCUT2D eigenvalue weighted by molar-refractivity contribution is 5.85. The van der Waals surface area contributed by atoms with E-state index in [1.165, 1.54) is 94.4 Å². The van der Waals surface area contributed by atoms with E-state index in [9.17, 15) is 4.79 Å². The number of amides is 2. The van der Waals surface area contributed by atoms with Gasteiger partial charge in [0.15, 0.2) is 0 Å². The van der Waals surface area contributed by atoms with Gasteiger partial charge in [-0.2, -0.15) is 0 Å². The van der Waals surface area contributed by atoms with Gasteiger partial charge in [-0.25, -0.2) is 4.79 Å². The van der Waals surface area contributed by atoms with E-state index in [4.69, 9.17) is 0 Å². The van der Waals surface area contributed by atoms with Crippen molar-refractivity contribution < 1.29 is 4.79 Å². The summed E-state index contributed by atoms with van der Waals surface area (Å²) in [5.41, 5.74) is 12.8. The fraction of sp³-hybridized carbons (Fsp3) is 0.419. The molecule has 0 aromatic heterocycles. The summed E-state index contributed by atoms with van der Waals surface area (Å²) < 4.78 is 0. The van der Waals surface area contributed by atoms with Crippen molar-refractivity contribution >= 4 is 18.4 Å². The summed E-state index contributed by atoms with van der Waals surface area (Å²) in [6.07, 6.45) is 7.56. The maximum atomic E-state index is 13.8. The topological polar surface area (TPSA) is 30.0 Å². The second-order valence-corrected chi connectivity index (χ2v) is 14.9. The zero-order valence-electron chi connectivity index (χ0n) is 29.2. The molecular weight excluding hydrogens is 624 g/mol. The summed E-state index contributed by atoms with van der Waals surface area (Å²) in [6.45, 7) is 12.2. The van der Waals surface area contributed by atoms with Crippen LogP contribution in [0.1, 0.15) is 72.9 Å². The first kappa shape index (κ1) is 33.8. The van der Waals surface area contributed by atoms with Crippen LogP contribution in [0.5, 0.6) is 0 Å². The number of benzene rings is 4. The first-order valence-corrected chi connectivity index (χ1v) is 18.4. The maximum Gasteiger partial charge on any atom is 0.321 e. The van der Waals surface area contributed by atoms with E-state index >= 15 is 0 Å². The number of likely N-dealkylation sites (tertiary alicyclic amines) is 2. The molecule has 0 bridgehead atoms. The molecule has 2 saturated heterocycles. The van der Waals surface area contributed by atoms with Crippen LogP contribution < -0.4 is 0 Å². The van der Waals surface area contributed by atoms with E-state index in [0.29, 0.717) is 26.2 Å². The SMILES string of the molecule is CC1CCCN1CCc1ccc(-c2ccc3c(c2)CN(C(=O)N2Cc4ccc(-c5ccc(CCN6CCCC6C)cc5)cc4C2)C3)cc1.Cl. The highest BCUT2D eigenvalue weighted by Crippen LogP contribution is 2.33. The largest absolute Gasteiger partial charge is 0.321 e. The van der Waals surface area contributed by atoms with Gasteiger partial charge < -0.3 is 19.6 Å². The predicted octanol–water partition coefficient (Wildman–Crippen LogP) is 8.95. The summed E-state index contributed by atoms with van der Waals surface area (Å²) >= 11 is 0. The lowest BCUT2D eigenvalue weighted by atomic mass is 9.99. The summed E-state index contributed by atoms with van der Waals surface area (Å²) in [6, 6.07) is 33.3. The predicted molar refractivity (Wildman–Crippen MR) is 203 cm³/mol. The smallest absolute Gasteiger partial charge is 0.316 e. The molecule has 8 rings (SSSR count). The third-order valence-corrected chi connectivity index (χ3v) is 11.7. The molecule has 2 unspecified atom stereocenters. The van der Waals surface area contributed by atoms with Gasteiger partial charge >= 0.3 is 6.03 Å². The summed E-state index contributed by atoms with van der Waals surface area (Å²) in [5, 5.41) is 0.